The van der Waals surface area contributed by atoms with Crippen molar-refractivity contribution in [3.8, 4) is 0 Å². The van der Waals surface area contributed by atoms with Crippen molar-refractivity contribution in [3.63, 3.8) is 0 Å². The second-order valence-corrected chi connectivity index (χ2v) is 8.18. The molecule has 0 aromatic carbocycles. The van der Waals surface area contributed by atoms with Crippen molar-refractivity contribution in [1.29, 1.82) is 0 Å². The number of sulfonamides is 1. The summed E-state index contributed by atoms with van der Waals surface area (Å²) in [6.07, 6.45) is 3.01. The van der Waals surface area contributed by atoms with Crippen molar-refractivity contribution in [3.05, 3.63) is 58.6 Å². The zero-order valence-electron chi connectivity index (χ0n) is 14.7. The second-order valence-electron chi connectivity index (χ2n) is 6.09. The molecule has 10 heteroatoms. The van der Waals surface area contributed by atoms with E-state index in [1.54, 1.807) is 6.20 Å². The maximum absolute atomic E-state index is 12.5. The quantitative estimate of drug-likeness (QED) is 0.696. The van der Waals surface area contributed by atoms with Crippen LogP contribution >= 0.6 is 0 Å². The van der Waals surface area contributed by atoms with E-state index in [-0.39, 0.29) is 23.4 Å². The number of rotatable bonds is 6. The molecule has 1 amide bonds. The topological polar surface area (TPSA) is 115 Å². The molecule has 1 aliphatic rings. The first-order valence-corrected chi connectivity index (χ1v) is 10.2. The number of aromatic amines is 1. The number of pyridine rings is 2. The largest absolute Gasteiger partial charge is 0.354 e. The molecule has 0 spiro atoms. The van der Waals surface area contributed by atoms with Gasteiger partial charge in [0.05, 0.1) is 11.3 Å². The molecule has 9 nitrogen and oxygen atoms in total. The third kappa shape index (κ3) is 4.92. The summed E-state index contributed by atoms with van der Waals surface area (Å²) in [6, 6.07) is 8.27. The van der Waals surface area contributed by atoms with Crippen LogP contribution in [0, 0.1) is 0 Å². The van der Waals surface area contributed by atoms with Gasteiger partial charge in [0, 0.05) is 51.2 Å². The number of aromatic nitrogens is 2. The third-order valence-electron chi connectivity index (χ3n) is 4.30. The number of H-pyrrole nitrogens is 1. The van der Waals surface area contributed by atoms with Gasteiger partial charge in [-0.25, -0.2) is 13.4 Å². The maximum Gasteiger partial charge on any atom is 0.252 e. The standard InChI is InChI=1S/C17H21N5O4S/c23-16-5-4-14(13-20-16)17(24)19-7-12-27(25,26)22-10-8-21(9-11-22)15-3-1-2-6-18-15/h1-6,13H,7-12H2,(H,19,24)(H,20,23). The highest BCUT2D eigenvalue weighted by molar-refractivity contribution is 7.89. The Labute approximate surface area is 157 Å². The summed E-state index contributed by atoms with van der Waals surface area (Å²) in [7, 11) is -3.46. The Hall–Kier alpha value is -2.72. The smallest absolute Gasteiger partial charge is 0.252 e. The number of nitrogens with zero attached hydrogens (tertiary/aromatic N) is 3. The molecule has 0 saturated carbocycles. The maximum atomic E-state index is 12.5. The number of amides is 1. The summed E-state index contributed by atoms with van der Waals surface area (Å²) < 4.78 is 26.4. The van der Waals surface area contributed by atoms with Crippen molar-refractivity contribution in [2.45, 2.75) is 0 Å². The number of nitrogens with one attached hydrogen (secondary N) is 2. The fourth-order valence-corrected chi connectivity index (χ4v) is 4.15. The molecular weight excluding hydrogens is 370 g/mol. The van der Waals surface area contributed by atoms with E-state index < -0.39 is 15.9 Å². The number of anilines is 1. The fraction of sp³-hybridized carbons (Fsp3) is 0.353. The lowest BCUT2D eigenvalue weighted by molar-refractivity contribution is 0.0955. The van der Waals surface area contributed by atoms with Crippen molar-refractivity contribution in [2.75, 3.05) is 43.4 Å². The summed E-state index contributed by atoms with van der Waals surface area (Å²) in [4.78, 5) is 31.7. The van der Waals surface area contributed by atoms with Crippen molar-refractivity contribution < 1.29 is 13.2 Å². The van der Waals surface area contributed by atoms with Gasteiger partial charge in [0.15, 0.2) is 0 Å². The van der Waals surface area contributed by atoms with E-state index in [4.69, 9.17) is 0 Å². The van der Waals surface area contributed by atoms with Gasteiger partial charge in [-0.15, -0.1) is 0 Å². The van der Waals surface area contributed by atoms with Gasteiger partial charge < -0.3 is 15.2 Å². The summed E-state index contributed by atoms with van der Waals surface area (Å²) >= 11 is 0. The fourth-order valence-electron chi connectivity index (χ4n) is 2.81. The molecule has 3 rings (SSSR count). The monoisotopic (exact) mass is 391 g/mol. The van der Waals surface area contributed by atoms with Crippen LogP contribution < -0.4 is 15.8 Å². The first-order chi connectivity index (χ1) is 13.0. The van der Waals surface area contributed by atoms with Crippen LogP contribution in [0.5, 0.6) is 0 Å². The van der Waals surface area contributed by atoms with E-state index in [0.717, 1.165) is 5.82 Å². The molecule has 2 aromatic heterocycles. The highest BCUT2D eigenvalue weighted by Gasteiger charge is 2.27. The Kier molecular flexibility index (Phi) is 5.87. The van der Waals surface area contributed by atoms with Gasteiger partial charge in [-0.2, -0.15) is 4.31 Å². The van der Waals surface area contributed by atoms with E-state index in [9.17, 15) is 18.0 Å². The first kappa shape index (κ1) is 19.1. The molecule has 144 valence electrons. The highest BCUT2D eigenvalue weighted by Crippen LogP contribution is 2.14. The molecular formula is C17H21N5O4S. The van der Waals surface area contributed by atoms with E-state index >= 15 is 0 Å². The molecule has 1 saturated heterocycles. The summed E-state index contributed by atoms with van der Waals surface area (Å²) in [5.41, 5.74) is -0.0325. The molecule has 1 aliphatic heterocycles. The number of hydrogen-bond donors (Lipinski definition) is 2. The van der Waals surface area contributed by atoms with Crippen molar-refractivity contribution in [1.82, 2.24) is 19.6 Å². The van der Waals surface area contributed by atoms with Crippen LogP contribution in [0.4, 0.5) is 5.82 Å². The molecule has 1 fully saturated rings. The molecule has 0 unspecified atom stereocenters. The van der Waals surface area contributed by atoms with Gasteiger partial charge in [-0.1, -0.05) is 6.07 Å². The summed E-state index contributed by atoms with van der Waals surface area (Å²) in [5, 5.41) is 2.56. The second kappa shape index (κ2) is 8.31. The van der Waals surface area contributed by atoms with E-state index in [1.165, 1.54) is 22.6 Å². The Morgan fingerprint density at radius 3 is 2.56 bits per heavy atom. The van der Waals surface area contributed by atoms with Gasteiger partial charge in [-0.05, 0) is 18.2 Å². The van der Waals surface area contributed by atoms with E-state index in [1.807, 2.05) is 23.1 Å². The van der Waals surface area contributed by atoms with Gasteiger partial charge in [-0.3, -0.25) is 9.59 Å². The molecule has 0 radical (unpaired) electrons. The number of carbonyl (C=O) groups is 1. The predicted octanol–water partition coefficient (Wildman–Crippen LogP) is -0.348. The van der Waals surface area contributed by atoms with E-state index in [0.29, 0.717) is 26.2 Å². The van der Waals surface area contributed by atoms with Crippen LogP contribution in [-0.4, -0.2) is 67.1 Å². The van der Waals surface area contributed by atoms with Gasteiger partial charge in [0.25, 0.3) is 5.91 Å². The molecule has 2 N–H and O–H groups in total. The lowest BCUT2D eigenvalue weighted by Gasteiger charge is -2.34. The SMILES string of the molecule is O=C(NCCS(=O)(=O)N1CCN(c2ccccn2)CC1)c1ccc(=O)[nH]c1. The van der Waals surface area contributed by atoms with Crippen LogP contribution in [0.25, 0.3) is 0 Å². The molecule has 0 aliphatic carbocycles. The molecule has 27 heavy (non-hydrogen) atoms. The third-order valence-corrected chi connectivity index (χ3v) is 6.17. The zero-order chi connectivity index (χ0) is 19.3. The van der Waals surface area contributed by atoms with Gasteiger partial charge >= 0.3 is 0 Å². The lowest BCUT2D eigenvalue weighted by Crippen LogP contribution is -2.50. The molecule has 3 heterocycles. The van der Waals surface area contributed by atoms with Crippen LogP contribution in [-0.2, 0) is 10.0 Å². The summed E-state index contributed by atoms with van der Waals surface area (Å²) in [6.45, 7) is 1.90. The Morgan fingerprint density at radius 2 is 1.93 bits per heavy atom. The molecule has 0 bridgehead atoms. The number of hydrogen-bond acceptors (Lipinski definition) is 6. The van der Waals surface area contributed by atoms with Gasteiger partial charge in [0.1, 0.15) is 5.82 Å². The minimum atomic E-state index is -3.46. The van der Waals surface area contributed by atoms with E-state index in [2.05, 4.69) is 15.3 Å². The normalized spacial score (nSPS) is 15.5. The average Bonchev–Trinajstić information content (AvgIpc) is 2.69. The molecule has 2 aromatic rings. The Bertz CT molecular complexity index is 917. The van der Waals surface area contributed by atoms with Crippen LogP contribution in [0.1, 0.15) is 10.4 Å². The minimum absolute atomic E-state index is 0.000742. The van der Waals surface area contributed by atoms with Crippen LogP contribution in [0.2, 0.25) is 0 Å². The zero-order valence-corrected chi connectivity index (χ0v) is 15.5. The minimum Gasteiger partial charge on any atom is -0.354 e. The number of carbonyl (C=O) groups excluding carboxylic acids is 1. The van der Waals surface area contributed by atoms with Crippen molar-refractivity contribution in [2.24, 2.45) is 0 Å². The Balaban J connectivity index is 1.48. The Morgan fingerprint density at radius 1 is 1.15 bits per heavy atom. The lowest BCUT2D eigenvalue weighted by atomic mass is 10.3. The summed E-state index contributed by atoms with van der Waals surface area (Å²) in [5.74, 6) is 0.232. The first-order valence-electron chi connectivity index (χ1n) is 8.56. The average molecular weight is 391 g/mol. The molecule has 0 atom stereocenters. The predicted molar refractivity (Wildman–Crippen MR) is 101 cm³/mol. The van der Waals surface area contributed by atoms with Crippen molar-refractivity contribution >= 4 is 21.7 Å². The van der Waals surface area contributed by atoms with Crippen LogP contribution in [0.3, 0.4) is 0 Å². The van der Waals surface area contributed by atoms with Gasteiger partial charge in [0.2, 0.25) is 15.6 Å². The highest BCUT2D eigenvalue weighted by atomic mass is 32.2. The number of piperazine rings is 1. The van der Waals surface area contributed by atoms with Crippen LogP contribution in [0.15, 0.2) is 47.5 Å².